The van der Waals surface area contributed by atoms with E-state index in [2.05, 4.69) is 18.3 Å². The van der Waals surface area contributed by atoms with Crippen molar-refractivity contribution in [2.45, 2.75) is 45.1 Å². The van der Waals surface area contributed by atoms with Crippen LogP contribution in [0.4, 0.5) is 0 Å². The zero-order valence-corrected chi connectivity index (χ0v) is 12.7. The second-order valence-electron chi connectivity index (χ2n) is 5.83. The first-order valence-electron chi connectivity index (χ1n) is 7.68. The molecule has 1 N–H and O–H groups in total. The number of hydrogen-bond donors (Lipinski definition) is 1. The molecule has 0 amide bonds. The van der Waals surface area contributed by atoms with Crippen LogP contribution < -0.4 is 5.32 Å². The Morgan fingerprint density at radius 3 is 2.85 bits per heavy atom. The minimum absolute atomic E-state index is 0.328. The number of furan rings is 1. The summed E-state index contributed by atoms with van der Waals surface area (Å²) in [6.07, 6.45) is 6.70. The number of rotatable bonds is 5. The standard InChI is InChI=1S/C17H22ClNO/c1-2-19-15(9-12-5-3-4-6-12)17-11-13-10-14(18)7-8-16(13)20-17/h7-8,10-12,15,19H,2-6,9H2,1H3. The number of benzene rings is 1. The summed E-state index contributed by atoms with van der Waals surface area (Å²) < 4.78 is 6.03. The van der Waals surface area contributed by atoms with Gasteiger partial charge in [0.2, 0.25) is 0 Å². The van der Waals surface area contributed by atoms with E-state index in [9.17, 15) is 0 Å². The van der Waals surface area contributed by atoms with Crippen LogP contribution in [0.1, 0.15) is 50.8 Å². The Morgan fingerprint density at radius 1 is 1.30 bits per heavy atom. The van der Waals surface area contributed by atoms with Crippen molar-refractivity contribution in [1.82, 2.24) is 5.32 Å². The third kappa shape index (κ3) is 3.02. The molecule has 1 aliphatic rings. The highest BCUT2D eigenvalue weighted by Crippen LogP contribution is 2.35. The van der Waals surface area contributed by atoms with Gasteiger partial charge in [-0.05, 0) is 43.1 Å². The zero-order valence-electron chi connectivity index (χ0n) is 12.0. The van der Waals surface area contributed by atoms with Gasteiger partial charge >= 0.3 is 0 Å². The molecule has 2 aromatic rings. The average molecular weight is 292 g/mol. The van der Waals surface area contributed by atoms with Crippen LogP contribution in [0.5, 0.6) is 0 Å². The predicted octanol–water partition coefficient (Wildman–Crippen LogP) is 5.32. The van der Waals surface area contributed by atoms with Crippen LogP contribution in [0.25, 0.3) is 11.0 Å². The summed E-state index contributed by atoms with van der Waals surface area (Å²) in [5.41, 5.74) is 0.929. The summed E-state index contributed by atoms with van der Waals surface area (Å²) in [5, 5.41) is 5.44. The van der Waals surface area contributed by atoms with Crippen molar-refractivity contribution >= 4 is 22.6 Å². The lowest BCUT2D eigenvalue weighted by molar-refractivity contribution is 0.354. The van der Waals surface area contributed by atoms with Crippen LogP contribution in [0, 0.1) is 5.92 Å². The van der Waals surface area contributed by atoms with Crippen molar-refractivity contribution in [1.29, 1.82) is 0 Å². The van der Waals surface area contributed by atoms with E-state index < -0.39 is 0 Å². The summed E-state index contributed by atoms with van der Waals surface area (Å²) in [7, 11) is 0. The van der Waals surface area contributed by atoms with Crippen molar-refractivity contribution in [3.05, 3.63) is 35.0 Å². The molecule has 0 saturated heterocycles. The van der Waals surface area contributed by atoms with E-state index in [-0.39, 0.29) is 0 Å². The molecular formula is C17H22ClNO. The van der Waals surface area contributed by atoms with Crippen molar-refractivity contribution in [2.75, 3.05) is 6.54 Å². The SMILES string of the molecule is CCNC(CC1CCCC1)c1cc2cc(Cl)ccc2o1. The van der Waals surface area contributed by atoms with E-state index in [0.29, 0.717) is 6.04 Å². The Balaban J connectivity index is 1.83. The second-order valence-corrected chi connectivity index (χ2v) is 6.26. The van der Waals surface area contributed by atoms with E-state index in [1.807, 2.05) is 18.2 Å². The third-order valence-corrected chi connectivity index (χ3v) is 4.57. The number of fused-ring (bicyclic) bond motifs is 1. The molecule has 1 aromatic heterocycles. The van der Waals surface area contributed by atoms with Gasteiger partial charge in [0.25, 0.3) is 0 Å². The maximum absolute atomic E-state index is 6.05. The van der Waals surface area contributed by atoms with Gasteiger partial charge in [0.1, 0.15) is 11.3 Å². The molecule has 20 heavy (non-hydrogen) atoms. The topological polar surface area (TPSA) is 25.2 Å². The Bertz CT molecular complexity index is 571. The van der Waals surface area contributed by atoms with Crippen LogP contribution in [0.15, 0.2) is 28.7 Å². The molecule has 0 aliphatic heterocycles. The number of hydrogen-bond acceptors (Lipinski definition) is 2. The van der Waals surface area contributed by atoms with Gasteiger partial charge in [0.15, 0.2) is 0 Å². The van der Waals surface area contributed by atoms with E-state index in [0.717, 1.165) is 34.2 Å². The van der Waals surface area contributed by atoms with Crippen molar-refractivity contribution in [3.8, 4) is 0 Å². The average Bonchev–Trinajstić information content (AvgIpc) is 3.06. The Morgan fingerprint density at radius 2 is 2.10 bits per heavy atom. The van der Waals surface area contributed by atoms with Gasteiger partial charge in [-0.3, -0.25) is 0 Å². The molecule has 0 bridgehead atoms. The first-order chi connectivity index (χ1) is 9.76. The van der Waals surface area contributed by atoms with Crippen LogP contribution in [-0.4, -0.2) is 6.54 Å². The highest BCUT2D eigenvalue weighted by atomic mass is 35.5. The first kappa shape index (κ1) is 14.0. The molecule has 0 radical (unpaired) electrons. The Labute approximate surface area is 125 Å². The fourth-order valence-electron chi connectivity index (χ4n) is 3.33. The molecular weight excluding hydrogens is 270 g/mol. The number of nitrogens with one attached hydrogen (secondary N) is 1. The smallest absolute Gasteiger partial charge is 0.134 e. The van der Waals surface area contributed by atoms with Gasteiger partial charge in [0, 0.05) is 10.4 Å². The van der Waals surface area contributed by atoms with Gasteiger partial charge in [0.05, 0.1) is 6.04 Å². The van der Waals surface area contributed by atoms with Crippen LogP contribution in [0.3, 0.4) is 0 Å². The van der Waals surface area contributed by atoms with E-state index in [1.54, 1.807) is 0 Å². The maximum atomic E-state index is 6.05. The molecule has 1 unspecified atom stereocenters. The maximum Gasteiger partial charge on any atom is 0.134 e. The van der Waals surface area contributed by atoms with Crippen LogP contribution >= 0.6 is 11.6 Å². The Kier molecular flexibility index (Phi) is 4.32. The summed E-state index contributed by atoms with van der Waals surface area (Å²) in [4.78, 5) is 0. The summed E-state index contributed by atoms with van der Waals surface area (Å²) >= 11 is 6.05. The van der Waals surface area contributed by atoms with Gasteiger partial charge in [-0.15, -0.1) is 0 Å². The summed E-state index contributed by atoms with van der Waals surface area (Å²) in [6.45, 7) is 3.12. The fourth-order valence-corrected chi connectivity index (χ4v) is 3.51. The quantitative estimate of drug-likeness (QED) is 0.807. The monoisotopic (exact) mass is 291 g/mol. The van der Waals surface area contributed by atoms with Gasteiger partial charge in [-0.2, -0.15) is 0 Å². The normalized spacial score (nSPS) is 17.9. The zero-order chi connectivity index (χ0) is 13.9. The largest absolute Gasteiger partial charge is 0.459 e. The van der Waals surface area contributed by atoms with Crippen molar-refractivity contribution in [2.24, 2.45) is 5.92 Å². The van der Waals surface area contributed by atoms with Gasteiger partial charge < -0.3 is 9.73 Å². The predicted molar refractivity (Wildman–Crippen MR) is 84.2 cm³/mol. The lowest BCUT2D eigenvalue weighted by Gasteiger charge is -2.19. The van der Waals surface area contributed by atoms with Crippen LogP contribution in [0.2, 0.25) is 5.02 Å². The highest BCUT2D eigenvalue weighted by Gasteiger charge is 2.23. The van der Waals surface area contributed by atoms with E-state index in [1.165, 1.54) is 32.1 Å². The first-order valence-corrected chi connectivity index (χ1v) is 8.06. The lowest BCUT2D eigenvalue weighted by atomic mass is 9.97. The van der Waals surface area contributed by atoms with Gasteiger partial charge in [-0.1, -0.05) is 44.2 Å². The molecule has 108 valence electrons. The molecule has 3 heteroatoms. The highest BCUT2D eigenvalue weighted by molar-refractivity contribution is 6.31. The molecule has 1 fully saturated rings. The molecule has 1 saturated carbocycles. The minimum Gasteiger partial charge on any atom is -0.459 e. The molecule has 1 aliphatic carbocycles. The fraction of sp³-hybridized carbons (Fsp3) is 0.529. The van der Waals surface area contributed by atoms with Crippen molar-refractivity contribution < 1.29 is 4.42 Å². The third-order valence-electron chi connectivity index (χ3n) is 4.34. The summed E-state index contributed by atoms with van der Waals surface area (Å²) in [5.74, 6) is 1.90. The molecule has 1 heterocycles. The molecule has 0 spiro atoms. The molecule has 3 rings (SSSR count). The molecule has 2 nitrogen and oxygen atoms in total. The minimum atomic E-state index is 0.328. The van der Waals surface area contributed by atoms with E-state index in [4.69, 9.17) is 16.0 Å². The molecule has 1 atom stereocenters. The number of halogens is 1. The summed E-state index contributed by atoms with van der Waals surface area (Å²) in [6, 6.07) is 8.29. The van der Waals surface area contributed by atoms with Crippen molar-refractivity contribution in [3.63, 3.8) is 0 Å². The van der Waals surface area contributed by atoms with E-state index >= 15 is 0 Å². The molecule has 1 aromatic carbocycles. The Hall–Kier alpha value is -0.990. The second kappa shape index (κ2) is 6.19. The van der Waals surface area contributed by atoms with Crippen LogP contribution in [-0.2, 0) is 0 Å². The lowest BCUT2D eigenvalue weighted by Crippen LogP contribution is -2.22. The van der Waals surface area contributed by atoms with Gasteiger partial charge in [-0.25, -0.2) is 0 Å².